The van der Waals surface area contributed by atoms with Crippen LogP contribution in [0.25, 0.3) is 0 Å². The molecule has 1 fully saturated rings. The maximum Gasteiger partial charge on any atom is 0.254 e. The molecule has 0 bridgehead atoms. The summed E-state index contributed by atoms with van der Waals surface area (Å²) in [5.74, 6) is 0.181. The second-order valence-corrected chi connectivity index (χ2v) is 5.31. The van der Waals surface area contributed by atoms with Crippen LogP contribution in [0.2, 0.25) is 0 Å². The Bertz CT molecular complexity index is 396. The largest absolute Gasteiger partial charge is 0.332 e. The SMILES string of the molecule is CCCCCCc1ccc(C(=O)N2CC2C)cc1. The molecule has 1 unspecified atom stereocenters. The first-order valence-electron chi connectivity index (χ1n) is 7.12. The molecule has 2 rings (SSSR count). The lowest BCUT2D eigenvalue weighted by Crippen LogP contribution is -2.12. The van der Waals surface area contributed by atoms with Crippen LogP contribution in [0.3, 0.4) is 0 Å². The van der Waals surface area contributed by atoms with Gasteiger partial charge in [0.15, 0.2) is 0 Å². The molecule has 0 spiro atoms. The summed E-state index contributed by atoms with van der Waals surface area (Å²) in [5, 5.41) is 0. The maximum absolute atomic E-state index is 12.0. The van der Waals surface area contributed by atoms with E-state index in [-0.39, 0.29) is 5.91 Å². The first-order valence-corrected chi connectivity index (χ1v) is 7.12. The molecule has 1 heterocycles. The molecule has 98 valence electrons. The number of unbranched alkanes of at least 4 members (excludes halogenated alkanes) is 3. The summed E-state index contributed by atoms with van der Waals surface area (Å²) in [5.41, 5.74) is 2.18. The topological polar surface area (TPSA) is 20.1 Å². The van der Waals surface area contributed by atoms with Gasteiger partial charge in [-0.15, -0.1) is 0 Å². The van der Waals surface area contributed by atoms with Crippen LogP contribution in [-0.2, 0) is 6.42 Å². The predicted octanol–water partition coefficient (Wildman–Crippen LogP) is 3.65. The van der Waals surface area contributed by atoms with E-state index in [0.717, 1.165) is 18.5 Å². The van der Waals surface area contributed by atoms with Gasteiger partial charge < -0.3 is 4.90 Å². The normalized spacial score (nSPS) is 17.9. The molecule has 1 saturated heterocycles. The third-order valence-corrected chi connectivity index (χ3v) is 3.64. The van der Waals surface area contributed by atoms with E-state index in [2.05, 4.69) is 26.0 Å². The summed E-state index contributed by atoms with van der Waals surface area (Å²) in [7, 11) is 0. The van der Waals surface area contributed by atoms with Gasteiger partial charge in [-0.1, -0.05) is 38.3 Å². The fourth-order valence-electron chi connectivity index (χ4n) is 2.26. The Kier molecular flexibility index (Phi) is 4.40. The van der Waals surface area contributed by atoms with Crippen molar-refractivity contribution in [2.75, 3.05) is 6.54 Å². The number of aryl methyl sites for hydroxylation is 1. The van der Waals surface area contributed by atoms with E-state index in [1.807, 2.05) is 17.0 Å². The molecule has 2 heteroatoms. The van der Waals surface area contributed by atoms with Gasteiger partial charge in [0.05, 0.1) is 0 Å². The number of amides is 1. The van der Waals surface area contributed by atoms with E-state index < -0.39 is 0 Å². The van der Waals surface area contributed by atoms with E-state index in [9.17, 15) is 4.79 Å². The number of hydrogen-bond acceptors (Lipinski definition) is 1. The molecular weight excluding hydrogens is 222 g/mol. The number of benzene rings is 1. The molecular formula is C16H23NO. The average Bonchev–Trinajstić information content (AvgIpc) is 3.12. The zero-order valence-electron chi connectivity index (χ0n) is 11.5. The highest BCUT2D eigenvalue weighted by Gasteiger charge is 2.34. The van der Waals surface area contributed by atoms with Crippen molar-refractivity contribution in [3.05, 3.63) is 35.4 Å². The quantitative estimate of drug-likeness (QED) is 0.553. The standard InChI is InChI=1S/C16H23NO/c1-3-4-5-6-7-14-8-10-15(11-9-14)16(18)17-12-13(17)2/h8-11,13H,3-7,12H2,1-2H3. The first kappa shape index (κ1) is 13.1. The highest BCUT2D eigenvalue weighted by molar-refractivity contribution is 5.95. The van der Waals surface area contributed by atoms with Crippen LogP contribution < -0.4 is 0 Å². The average molecular weight is 245 g/mol. The second-order valence-electron chi connectivity index (χ2n) is 5.31. The third kappa shape index (κ3) is 3.34. The summed E-state index contributed by atoms with van der Waals surface area (Å²) < 4.78 is 0. The van der Waals surface area contributed by atoms with Gasteiger partial charge in [0, 0.05) is 18.2 Å². The molecule has 0 aromatic heterocycles. The lowest BCUT2D eigenvalue weighted by molar-refractivity contribution is 0.0876. The van der Waals surface area contributed by atoms with Crippen molar-refractivity contribution in [2.24, 2.45) is 0 Å². The summed E-state index contributed by atoms with van der Waals surface area (Å²) in [4.78, 5) is 13.9. The Morgan fingerprint density at radius 3 is 2.44 bits per heavy atom. The van der Waals surface area contributed by atoms with E-state index in [4.69, 9.17) is 0 Å². The van der Waals surface area contributed by atoms with Gasteiger partial charge in [-0.2, -0.15) is 0 Å². The van der Waals surface area contributed by atoms with Gasteiger partial charge in [0.2, 0.25) is 0 Å². The van der Waals surface area contributed by atoms with Crippen LogP contribution in [0.5, 0.6) is 0 Å². The van der Waals surface area contributed by atoms with E-state index in [1.54, 1.807) is 0 Å². The molecule has 1 aliphatic rings. The Morgan fingerprint density at radius 2 is 1.89 bits per heavy atom. The van der Waals surface area contributed by atoms with E-state index in [1.165, 1.54) is 31.2 Å². The molecule has 0 aliphatic carbocycles. The highest BCUT2D eigenvalue weighted by Crippen LogP contribution is 2.20. The molecule has 1 aromatic carbocycles. The summed E-state index contributed by atoms with van der Waals surface area (Å²) in [6.45, 7) is 5.23. The summed E-state index contributed by atoms with van der Waals surface area (Å²) >= 11 is 0. The lowest BCUT2D eigenvalue weighted by atomic mass is 10.0. The minimum Gasteiger partial charge on any atom is -0.332 e. The van der Waals surface area contributed by atoms with Crippen LogP contribution in [0.1, 0.15) is 55.5 Å². The zero-order valence-corrected chi connectivity index (χ0v) is 11.5. The molecule has 0 saturated carbocycles. The Labute approximate surface area is 110 Å². The highest BCUT2D eigenvalue weighted by atomic mass is 16.2. The smallest absolute Gasteiger partial charge is 0.254 e. The Hall–Kier alpha value is -1.31. The number of hydrogen-bond donors (Lipinski definition) is 0. The number of rotatable bonds is 6. The van der Waals surface area contributed by atoms with Gasteiger partial charge in [-0.3, -0.25) is 4.79 Å². The van der Waals surface area contributed by atoms with Crippen LogP contribution in [0.15, 0.2) is 24.3 Å². The van der Waals surface area contributed by atoms with Gasteiger partial charge in [0.25, 0.3) is 5.91 Å². The lowest BCUT2D eigenvalue weighted by Gasteiger charge is -2.05. The van der Waals surface area contributed by atoms with Crippen molar-refractivity contribution >= 4 is 5.91 Å². The van der Waals surface area contributed by atoms with Gasteiger partial charge in [-0.25, -0.2) is 0 Å². The van der Waals surface area contributed by atoms with Crippen molar-refractivity contribution < 1.29 is 4.79 Å². The third-order valence-electron chi connectivity index (χ3n) is 3.64. The van der Waals surface area contributed by atoms with Gasteiger partial charge >= 0.3 is 0 Å². The first-order chi connectivity index (χ1) is 8.72. The van der Waals surface area contributed by atoms with Crippen molar-refractivity contribution in [3.63, 3.8) is 0 Å². The molecule has 1 aromatic rings. The van der Waals surface area contributed by atoms with Crippen LogP contribution in [0, 0.1) is 0 Å². The predicted molar refractivity (Wildman–Crippen MR) is 74.8 cm³/mol. The maximum atomic E-state index is 12.0. The van der Waals surface area contributed by atoms with E-state index in [0.29, 0.717) is 6.04 Å². The fourth-order valence-corrected chi connectivity index (χ4v) is 2.26. The van der Waals surface area contributed by atoms with Crippen LogP contribution >= 0.6 is 0 Å². The Morgan fingerprint density at radius 1 is 1.22 bits per heavy atom. The molecule has 1 amide bonds. The van der Waals surface area contributed by atoms with Gasteiger partial charge in [-0.05, 0) is 37.5 Å². The summed E-state index contributed by atoms with van der Waals surface area (Å²) in [6, 6.07) is 8.59. The monoisotopic (exact) mass is 245 g/mol. The minimum atomic E-state index is 0.181. The molecule has 2 nitrogen and oxygen atoms in total. The van der Waals surface area contributed by atoms with Crippen molar-refractivity contribution in [3.8, 4) is 0 Å². The molecule has 1 aliphatic heterocycles. The fraction of sp³-hybridized carbons (Fsp3) is 0.562. The van der Waals surface area contributed by atoms with Gasteiger partial charge in [0.1, 0.15) is 0 Å². The Balaban J connectivity index is 1.83. The number of carbonyl (C=O) groups excluding carboxylic acids is 1. The molecule has 18 heavy (non-hydrogen) atoms. The molecule has 1 atom stereocenters. The number of nitrogens with zero attached hydrogens (tertiary/aromatic N) is 1. The van der Waals surface area contributed by atoms with Crippen LogP contribution in [0.4, 0.5) is 0 Å². The van der Waals surface area contributed by atoms with E-state index >= 15 is 0 Å². The molecule has 0 radical (unpaired) electrons. The molecule has 0 N–H and O–H groups in total. The second kappa shape index (κ2) is 6.03. The van der Waals surface area contributed by atoms with Crippen molar-refractivity contribution in [2.45, 2.75) is 52.0 Å². The van der Waals surface area contributed by atoms with Crippen molar-refractivity contribution in [1.29, 1.82) is 0 Å². The zero-order chi connectivity index (χ0) is 13.0. The summed E-state index contributed by atoms with van der Waals surface area (Å²) in [6.07, 6.45) is 6.30. The number of carbonyl (C=O) groups is 1. The minimum absolute atomic E-state index is 0.181. The van der Waals surface area contributed by atoms with Crippen molar-refractivity contribution in [1.82, 2.24) is 4.90 Å². The van der Waals surface area contributed by atoms with Crippen LogP contribution in [-0.4, -0.2) is 23.4 Å².